The van der Waals surface area contributed by atoms with Crippen LogP contribution in [0.3, 0.4) is 0 Å². The van der Waals surface area contributed by atoms with Crippen molar-refractivity contribution in [2.75, 3.05) is 40.9 Å². The summed E-state index contributed by atoms with van der Waals surface area (Å²) in [6, 6.07) is -0.859. The van der Waals surface area contributed by atoms with Gasteiger partial charge in [0.25, 0.3) is 0 Å². The van der Waals surface area contributed by atoms with Crippen molar-refractivity contribution in [1.82, 2.24) is 5.32 Å². The predicted molar refractivity (Wildman–Crippen MR) is 342 cm³/mol. The highest BCUT2D eigenvalue weighted by molar-refractivity contribution is 7.47. The number of hydrogen-bond donors (Lipinski definition) is 2. The minimum Gasteiger partial charge on any atom is -0.456 e. The number of amides is 1. The first-order valence-electron chi connectivity index (χ1n) is 33.6. The monoisotopic (exact) mass is 1130 g/mol. The predicted octanol–water partition coefficient (Wildman–Crippen LogP) is 21.0. The number of ether oxygens (including phenoxy) is 1. The van der Waals surface area contributed by atoms with Crippen molar-refractivity contribution >= 4 is 19.7 Å². The number of hydrogen-bond acceptors (Lipinski definition) is 6. The number of carbonyl (C=O) groups excluding carboxylic acids is 2. The van der Waals surface area contributed by atoms with E-state index < -0.39 is 20.0 Å². The molecule has 0 heterocycles. The second kappa shape index (κ2) is 58.9. The lowest BCUT2D eigenvalue weighted by molar-refractivity contribution is -0.870. The van der Waals surface area contributed by atoms with Crippen LogP contribution in [0.25, 0.3) is 0 Å². The van der Waals surface area contributed by atoms with Gasteiger partial charge in [0.1, 0.15) is 19.3 Å². The summed E-state index contributed by atoms with van der Waals surface area (Å²) in [7, 11) is 1.49. The molecule has 3 unspecified atom stereocenters. The largest absolute Gasteiger partial charge is 0.472 e. The standard InChI is InChI=1S/C69H129N2O7P/c1-7-10-13-16-19-22-25-28-29-30-31-32-33-34-35-36-37-38-39-40-41-44-47-50-53-56-59-62-69(73)78-67(60-57-54-51-48-45-42-26-23-20-17-14-11-8-2)66(65-77-79(74,75)76-64-63-71(4,5)6)70-68(72)61-58-55-52-49-46-43-27-24-21-18-15-12-9-3/h12,15,18,21,24,27-29,57,60,66-67H,7-11,13-14,16-17,19-20,22-23,25-26,30-56,58-59,61-65H2,1-6H3,(H-,70,72,74,75)/p+1/b15-12+,21-18+,27-24-,29-28+,60-57-. The molecule has 0 aliphatic carbocycles. The number of likely N-dealkylation sites (N-methyl/N-ethyl adjacent to an activating group) is 1. The molecule has 0 aromatic rings. The lowest BCUT2D eigenvalue weighted by Gasteiger charge is -2.27. The normalized spacial score (nSPS) is 14.0. The number of nitrogens with one attached hydrogen (secondary N) is 1. The third kappa shape index (κ3) is 60.1. The Morgan fingerprint density at radius 3 is 1.24 bits per heavy atom. The average Bonchev–Trinajstić information content (AvgIpc) is 3.41. The fourth-order valence-corrected chi connectivity index (χ4v) is 10.6. The maximum atomic E-state index is 13.5. The van der Waals surface area contributed by atoms with Gasteiger partial charge in [-0.1, -0.05) is 287 Å². The molecule has 3 atom stereocenters. The van der Waals surface area contributed by atoms with E-state index in [1.165, 1.54) is 199 Å². The molecule has 0 bridgehead atoms. The molecule has 2 N–H and O–H groups in total. The Labute approximate surface area is 490 Å². The van der Waals surface area contributed by atoms with Crippen LogP contribution in [0, 0.1) is 0 Å². The highest BCUT2D eigenvalue weighted by atomic mass is 31.2. The fourth-order valence-electron chi connectivity index (χ4n) is 9.82. The molecule has 1 amide bonds. The number of rotatable bonds is 61. The quantitative estimate of drug-likeness (QED) is 0.0156. The molecule has 0 aromatic heterocycles. The summed E-state index contributed by atoms with van der Waals surface area (Å²) in [4.78, 5) is 37.7. The van der Waals surface area contributed by atoms with Gasteiger partial charge >= 0.3 is 13.8 Å². The second-order valence-electron chi connectivity index (χ2n) is 24.0. The van der Waals surface area contributed by atoms with Crippen LogP contribution in [0.5, 0.6) is 0 Å². The van der Waals surface area contributed by atoms with Gasteiger partial charge in [-0.3, -0.25) is 18.6 Å². The number of quaternary nitrogens is 1. The smallest absolute Gasteiger partial charge is 0.456 e. The highest BCUT2D eigenvalue weighted by Crippen LogP contribution is 2.43. The van der Waals surface area contributed by atoms with E-state index in [0.29, 0.717) is 17.4 Å². The van der Waals surface area contributed by atoms with E-state index in [-0.39, 0.29) is 31.5 Å². The van der Waals surface area contributed by atoms with Crippen LogP contribution in [-0.4, -0.2) is 74.3 Å². The summed E-state index contributed by atoms with van der Waals surface area (Å²) < 4.78 is 30.7. The summed E-state index contributed by atoms with van der Waals surface area (Å²) in [5.74, 6) is -0.519. The first kappa shape index (κ1) is 76.7. The van der Waals surface area contributed by atoms with E-state index in [0.717, 1.165) is 83.5 Å². The third-order valence-electron chi connectivity index (χ3n) is 15.0. The number of esters is 1. The molecule has 0 fully saturated rings. The first-order valence-corrected chi connectivity index (χ1v) is 35.1. The molecule has 0 aliphatic rings. The minimum atomic E-state index is -4.45. The number of carbonyl (C=O) groups is 2. The van der Waals surface area contributed by atoms with Gasteiger partial charge in [-0.25, -0.2) is 4.57 Å². The van der Waals surface area contributed by atoms with E-state index in [9.17, 15) is 19.0 Å². The zero-order valence-electron chi connectivity index (χ0n) is 52.9. The van der Waals surface area contributed by atoms with Gasteiger partial charge in [0.05, 0.1) is 33.8 Å². The Bertz CT molecular complexity index is 1540. The second-order valence-corrected chi connectivity index (χ2v) is 25.5. The van der Waals surface area contributed by atoms with Gasteiger partial charge in [0.15, 0.2) is 0 Å². The molecule has 0 saturated carbocycles. The number of unbranched alkanes of at least 4 members (excludes halogenated alkanes) is 39. The maximum Gasteiger partial charge on any atom is 0.472 e. The van der Waals surface area contributed by atoms with Crippen LogP contribution in [-0.2, 0) is 27.9 Å². The van der Waals surface area contributed by atoms with Gasteiger partial charge in [-0.05, 0) is 76.7 Å². The van der Waals surface area contributed by atoms with Crippen molar-refractivity contribution < 1.29 is 37.3 Å². The van der Waals surface area contributed by atoms with E-state index in [1.807, 2.05) is 33.3 Å². The van der Waals surface area contributed by atoms with E-state index in [4.69, 9.17) is 13.8 Å². The molecule has 0 aromatic carbocycles. The van der Waals surface area contributed by atoms with Crippen LogP contribution in [0.1, 0.15) is 316 Å². The third-order valence-corrected chi connectivity index (χ3v) is 16.0. The molecule has 0 spiro atoms. The van der Waals surface area contributed by atoms with Crippen molar-refractivity contribution in [1.29, 1.82) is 0 Å². The molecular weight excluding hydrogens is 1000 g/mol. The highest BCUT2D eigenvalue weighted by Gasteiger charge is 2.30. The van der Waals surface area contributed by atoms with Gasteiger partial charge in [0, 0.05) is 12.8 Å². The van der Waals surface area contributed by atoms with Crippen LogP contribution in [0.15, 0.2) is 60.8 Å². The molecule has 0 saturated heterocycles. The topological polar surface area (TPSA) is 111 Å². The van der Waals surface area contributed by atoms with Crippen LogP contribution in [0.2, 0.25) is 0 Å². The summed E-state index contributed by atoms with van der Waals surface area (Å²) >= 11 is 0. The van der Waals surface area contributed by atoms with E-state index in [1.54, 1.807) is 0 Å². The fraction of sp³-hybridized carbons (Fsp3) is 0.826. The molecule has 0 radical (unpaired) electrons. The Hall–Kier alpha value is -2.29. The van der Waals surface area contributed by atoms with Crippen molar-refractivity contribution in [3.05, 3.63) is 60.8 Å². The zero-order valence-corrected chi connectivity index (χ0v) is 53.8. The summed E-state index contributed by atoms with van der Waals surface area (Å²) in [6.45, 7) is 6.89. The SMILES string of the molecule is CC/C=C/C=C/C=C\CCCCCCCC(=O)NC(COP(=O)(O)OCC[N+](C)(C)C)C(/C=C\CCCCCCCCCCCCC)OC(=O)CCCCCCCCCCCCCCCCCCC/C=C/CCCCCCCC. The van der Waals surface area contributed by atoms with Crippen molar-refractivity contribution in [3.8, 4) is 0 Å². The molecule has 10 heteroatoms. The maximum absolute atomic E-state index is 13.5. The summed E-state index contributed by atoms with van der Waals surface area (Å²) in [6.07, 6.45) is 75.3. The number of phosphoric acid groups is 1. The van der Waals surface area contributed by atoms with Gasteiger partial charge in [0.2, 0.25) is 5.91 Å². The van der Waals surface area contributed by atoms with E-state index >= 15 is 0 Å². The Kier molecular flexibility index (Phi) is 57.2. The van der Waals surface area contributed by atoms with Crippen molar-refractivity contribution in [3.63, 3.8) is 0 Å². The molecule has 79 heavy (non-hydrogen) atoms. The van der Waals surface area contributed by atoms with Gasteiger partial charge < -0.3 is 19.4 Å². The first-order chi connectivity index (χ1) is 38.4. The molecular formula is C69H130N2O7P+. The number of allylic oxidation sites excluding steroid dienone is 9. The van der Waals surface area contributed by atoms with Crippen molar-refractivity contribution in [2.45, 2.75) is 328 Å². The number of nitrogens with zero attached hydrogens (tertiary/aromatic N) is 1. The van der Waals surface area contributed by atoms with Crippen molar-refractivity contribution in [2.24, 2.45) is 0 Å². The minimum absolute atomic E-state index is 0.0358. The van der Waals surface area contributed by atoms with Crippen LogP contribution < -0.4 is 5.32 Å². The molecule has 9 nitrogen and oxygen atoms in total. The van der Waals surface area contributed by atoms with Gasteiger partial charge in [-0.15, -0.1) is 0 Å². The van der Waals surface area contributed by atoms with Crippen LogP contribution >= 0.6 is 7.82 Å². The zero-order chi connectivity index (χ0) is 57.9. The summed E-state index contributed by atoms with van der Waals surface area (Å²) in [5.41, 5.74) is 0. The van der Waals surface area contributed by atoms with E-state index in [2.05, 4.69) is 74.7 Å². The van der Waals surface area contributed by atoms with Crippen LogP contribution in [0.4, 0.5) is 0 Å². The lowest BCUT2D eigenvalue weighted by Crippen LogP contribution is -2.47. The molecule has 0 aliphatic heterocycles. The van der Waals surface area contributed by atoms with Gasteiger partial charge in [-0.2, -0.15) is 0 Å². The lowest BCUT2D eigenvalue weighted by atomic mass is 10.0. The summed E-state index contributed by atoms with van der Waals surface area (Å²) in [5, 5.41) is 3.05. The Morgan fingerprint density at radius 1 is 0.456 bits per heavy atom. The Balaban J connectivity index is 5.02. The average molecular weight is 1130 g/mol. The Morgan fingerprint density at radius 2 is 0.823 bits per heavy atom. The molecule has 0 rings (SSSR count). The molecule has 462 valence electrons. The number of phosphoric ester groups is 1.